The molecule has 0 aliphatic rings. The molecule has 0 atom stereocenters. The molecule has 3 aromatic rings. The molecule has 0 bridgehead atoms. The Morgan fingerprint density at radius 1 is 0.744 bits per heavy atom. The van der Waals surface area contributed by atoms with Crippen molar-refractivity contribution in [2.24, 2.45) is 0 Å². The molecule has 0 radical (unpaired) electrons. The van der Waals surface area contributed by atoms with Crippen molar-refractivity contribution < 1.29 is 47.3 Å². The SMILES string of the molecule is C=CC(=O)OCOc1ccc(C(=O)Oc2ccc(OC(=O)CCc3ccc(OC(=O)C=C)cc3)c(F)c2)cc1. The maximum Gasteiger partial charge on any atom is 0.343 e. The molecule has 10 heteroatoms. The first kappa shape index (κ1) is 28.3. The van der Waals surface area contributed by atoms with Gasteiger partial charge in [0.1, 0.15) is 17.2 Å². The molecular formula is C29H23FO9. The maximum atomic E-state index is 14.5. The Balaban J connectivity index is 1.48. The first-order valence-corrected chi connectivity index (χ1v) is 11.4. The normalized spacial score (nSPS) is 10.1. The third kappa shape index (κ3) is 8.97. The Labute approximate surface area is 223 Å². The predicted molar refractivity (Wildman–Crippen MR) is 136 cm³/mol. The van der Waals surface area contributed by atoms with Crippen LogP contribution < -0.4 is 18.9 Å². The van der Waals surface area contributed by atoms with Crippen LogP contribution in [0.1, 0.15) is 22.3 Å². The first-order valence-electron chi connectivity index (χ1n) is 11.4. The number of carbonyl (C=O) groups excluding carboxylic acids is 4. The molecule has 39 heavy (non-hydrogen) atoms. The van der Waals surface area contributed by atoms with Crippen molar-refractivity contribution in [2.45, 2.75) is 12.8 Å². The van der Waals surface area contributed by atoms with Gasteiger partial charge < -0.3 is 23.7 Å². The van der Waals surface area contributed by atoms with Crippen molar-refractivity contribution >= 4 is 23.9 Å². The fraction of sp³-hybridized carbons (Fsp3) is 0.103. The highest BCUT2D eigenvalue weighted by molar-refractivity contribution is 5.91. The van der Waals surface area contributed by atoms with Crippen LogP contribution in [0.2, 0.25) is 0 Å². The van der Waals surface area contributed by atoms with Gasteiger partial charge in [-0.3, -0.25) is 4.79 Å². The van der Waals surface area contributed by atoms with Gasteiger partial charge in [0, 0.05) is 24.6 Å². The van der Waals surface area contributed by atoms with Gasteiger partial charge in [-0.2, -0.15) is 0 Å². The Kier molecular flexibility index (Phi) is 10.1. The molecule has 0 unspecified atom stereocenters. The summed E-state index contributed by atoms with van der Waals surface area (Å²) in [4.78, 5) is 46.8. The standard InChI is InChI=1S/C29H23FO9/c1-3-26(31)36-18-35-21-12-8-20(9-13-21)29(34)38-23-14-15-25(24(30)17-23)39-28(33)16-7-19-5-10-22(11-6-19)37-27(32)4-2/h3-6,8-15,17H,1-2,7,16,18H2. The zero-order valence-corrected chi connectivity index (χ0v) is 20.6. The van der Waals surface area contributed by atoms with Gasteiger partial charge in [0.2, 0.25) is 6.79 Å². The molecule has 0 saturated carbocycles. The molecule has 3 rings (SSSR count). The van der Waals surface area contributed by atoms with Crippen LogP contribution in [0.4, 0.5) is 4.39 Å². The second-order valence-electron chi connectivity index (χ2n) is 7.68. The minimum absolute atomic E-state index is 0.0294. The molecule has 3 aromatic carbocycles. The maximum absolute atomic E-state index is 14.5. The summed E-state index contributed by atoms with van der Waals surface area (Å²) in [6.45, 7) is 6.25. The Morgan fingerprint density at radius 2 is 1.38 bits per heavy atom. The summed E-state index contributed by atoms with van der Waals surface area (Å²) in [5.74, 6) is -3.26. The van der Waals surface area contributed by atoms with E-state index in [1.54, 1.807) is 24.3 Å². The summed E-state index contributed by atoms with van der Waals surface area (Å²) < 4.78 is 39.6. The fourth-order valence-corrected chi connectivity index (χ4v) is 3.00. The zero-order chi connectivity index (χ0) is 28.2. The van der Waals surface area contributed by atoms with Crippen LogP contribution in [0, 0.1) is 5.82 Å². The monoisotopic (exact) mass is 534 g/mol. The summed E-state index contributed by atoms with van der Waals surface area (Å²) in [5, 5.41) is 0. The number of halogens is 1. The Morgan fingerprint density at radius 3 is 2.03 bits per heavy atom. The van der Waals surface area contributed by atoms with Gasteiger partial charge in [-0.1, -0.05) is 25.3 Å². The lowest BCUT2D eigenvalue weighted by atomic mass is 10.1. The van der Waals surface area contributed by atoms with Gasteiger partial charge in [-0.25, -0.2) is 18.8 Å². The second kappa shape index (κ2) is 13.9. The van der Waals surface area contributed by atoms with Crippen molar-refractivity contribution in [3.05, 3.63) is 109 Å². The highest BCUT2D eigenvalue weighted by Gasteiger charge is 2.14. The molecule has 200 valence electrons. The molecule has 0 spiro atoms. The quantitative estimate of drug-likeness (QED) is 0.141. The average Bonchev–Trinajstić information content (AvgIpc) is 2.94. The molecule has 0 heterocycles. The van der Waals surface area contributed by atoms with E-state index in [0.717, 1.165) is 23.8 Å². The molecule has 0 aliphatic heterocycles. The highest BCUT2D eigenvalue weighted by atomic mass is 19.1. The van der Waals surface area contributed by atoms with Crippen molar-refractivity contribution in [1.82, 2.24) is 0 Å². The topological polar surface area (TPSA) is 114 Å². The van der Waals surface area contributed by atoms with E-state index in [1.165, 1.54) is 36.4 Å². The van der Waals surface area contributed by atoms with Crippen LogP contribution in [-0.2, 0) is 25.5 Å². The third-order valence-electron chi connectivity index (χ3n) is 4.95. The molecule has 0 fully saturated rings. The summed E-state index contributed by atoms with van der Waals surface area (Å²) in [5.41, 5.74) is 0.942. The fourth-order valence-electron chi connectivity index (χ4n) is 3.00. The van der Waals surface area contributed by atoms with E-state index >= 15 is 0 Å². The summed E-state index contributed by atoms with van der Waals surface area (Å²) in [6, 6.07) is 15.7. The molecule has 0 saturated heterocycles. The average molecular weight is 534 g/mol. The van der Waals surface area contributed by atoms with E-state index in [4.69, 9.17) is 23.7 Å². The number of ether oxygens (including phenoxy) is 5. The predicted octanol–water partition coefficient (Wildman–Crippen LogP) is 4.74. The van der Waals surface area contributed by atoms with Gasteiger partial charge in [0.15, 0.2) is 11.6 Å². The Bertz CT molecular complexity index is 1360. The first-order chi connectivity index (χ1) is 18.8. The number of hydrogen-bond donors (Lipinski definition) is 0. The molecular weight excluding hydrogens is 511 g/mol. The van der Waals surface area contributed by atoms with Gasteiger partial charge >= 0.3 is 23.9 Å². The second-order valence-corrected chi connectivity index (χ2v) is 7.68. The number of esters is 4. The summed E-state index contributed by atoms with van der Waals surface area (Å²) in [6.07, 6.45) is 2.33. The lowest BCUT2D eigenvalue weighted by Crippen LogP contribution is -2.11. The van der Waals surface area contributed by atoms with Gasteiger partial charge in [-0.05, 0) is 60.5 Å². The molecule has 0 aromatic heterocycles. The lowest BCUT2D eigenvalue weighted by Gasteiger charge is -2.09. The van der Waals surface area contributed by atoms with Crippen molar-refractivity contribution in [3.63, 3.8) is 0 Å². The molecule has 0 N–H and O–H groups in total. The summed E-state index contributed by atoms with van der Waals surface area (Å²) in [7, 11) is 0. The van der Waals surface area contributed by atoms with E-state index in [2.05, 4.69) is 13.2 Å². The van der Waals surface area contributed by atoms with Crippen LogP contribution >= 0.6 is 0 Å². The lowest BCUT2D eigenvalue weighted by molar-refractivity contribution is -0.144. The minimum Gasteiger partial charge on any atom is -0.457 e. The van der Waals surface area contributed by atoms with E-state index in [-0.39, 0.29) is 30.3 Å². The molecule has 0 amide bonds. The van der Waals surface area contributed by atoms with Crippen LogP contribution in [0.15, 0.2) is 92.0 Å². The van der Waals surface area contributed by atoms with Crippen molar-refractivity contribution in [1.29, 1.82) is 0 Å². The number of hydrogen-bond acceptors (Lipinski definition) is 9. The minimum atomic E-state index is -0.889. The van der Waals surface area contributed by atoms with Gasteiger partial charge in [0.05, 0.1) is 5.56 Å². The van der Waals surface area contributed by atoms with Gasteiger partial charge in [0.25, 0.3) is 0 Å². The molecule has 9 nitrogen and oxygen atoms in total. The van der Waals surface area contributed by atoms with Gasteiger partial charge in [-0.15, -0.1) is 0 Å². The van der Waals surface area contributed by atoms with Crippen molar-refractivity contribution in [2.75, 3.05) is 6.79 Å². The van der Waals surface area contributed by atoms with Crippen LogP contribution in [-0.4, -0.2) is 30.7 Å². The number of carbonyl (C=O) groups is 4. The van der Waals surface area contributed by atoms with E-state index in [0.29, 0.717) is 17.9 Å². The van der Waals surface area contributed by atoms with E-state index in [1.807, 2.05) is 0 Å². The highest BCUT2D eigenvalue weighted by Crippen LogP contribution is 2.24. The Hall–Kier alpha value is -5.25. The summed E-state index contributed by atoms with van der Waals surface area (Å²) >= 11 is 0. The van der Waals surface area contributed by atoms with E-state index in [9.17, 15) is 23.6 Å². The smallest absolute Gasteiger partial charge is 0.343 e. The van der Waals surface area contributed by atoms with E-state index < -0.39 is 29.7 Å². The number of benzene rings is 3. The van der Waals surface area contributed by atoms with Crippen LogP contribution in [0.3, 0.4) is 0 Å². The van der Waals surface area contributed by atoms with Crippen molar-refractivity contribution in [3.8, 4) is 23.0 Å². The number of rotatable bonds is 12. The number of aryl methyl sites for hydroxylation is 1. The van der Waals surface area contributed by atoms with Crippen LogP contribution in [0.25, 0.3) is 0 Å². The largest absolute Gasteiger partial charge is 0.457 e. The zero-order valence-electron chi connectivity index (χ0n) is 20.6. The molecule has 0 aliphatic carbocycles. The third-order valence-corrected chi connectivity index (χ3v) is 4.95. The van der Waals surface area contributed by atoms with Crippen LogP contribution in [0.5, 0.6) is 23.0 Å².